The van der Waals surface area contributed by atoms with Gasteiger partial charge in [0.15, 0.2) is 0 Å². The van der Waals surface area contributed by atoms with Crippen LogP contribution in [-0.4, -0.2) is 41.1 Å². The predicted molar refractivity (Wildman–Crippen MR) is 91.9 cm³/mol. The minimum Gasteiger partial charge on any atom is -0.478 e. The van der Waals surface area contributed by atoms with Gasteiger partial charge in [-0.25, -0.2) is 4.79 Å². The van der Waals surface area contributed by atoms with Gasteiger partial charge >= 0.3 is 5.97 Å². The Balaban J connectivity index is 1.86. The van der Waals surface area contributed by atoms with E-state index in [0.29, 0.717) is 6.54 Å². The summed E-state index contributed by atoms with van der Waals surface area (Å²) in [6.07, 6.45) is 6.69. The normalized spacial score (nSPS) is 17.1. The molecule has 0 heterocycles. The second-order valence-electron chi connectivity index (χ2n) is 6.59. The van der Waals surface area contributed by atoms with E-state index < -0.39 is 12.1 Å². The number of aromatic carboxylic acids is 1. The molecule has 0 bridgehead atoms. The molecule has 1 amide bonds. The maximum absolute atomic E-state index is 12.5. The van der Waals surface area contributed by atoms with Crippen molar-refractivity contribution < 1.29 is 19.4 Å². The summed E-state index contributed by atoms with van der Waals surface area (Å²) in [5, 5.41) is 8.91. The lowest BCUT2D eigenvalue weighted by Gasteiger charge is -2.25. The predicted octanol–water partition coefficient (Wildman–Crippen LogP) is 3.47. The smallest absolute Gasteiger partial charge is 0.335 e. The van der Waals surface area contributed by atoms with Gasteiger partial charge in [-0.05, 0) is 37.5 Å². The molecule has 5 nitrogen and oxygen atoms in total. The van der Waals surface area contributed by atoms with Crippen LogP contribution in [0.1, 0.15) is 61.4 Å². The molecule has 1 aromatic carbocycles. The Morgan fingerprint density at radius 2 is 1.75 bits per heavy atom. The van der Waals surface area contributed by atoms with Gasteiger partial charge in [-0.3, -0.25) is 4.79 Å². The first kappa shape index (κ1) is 18.5. The number of nitrogens with zero attached hydrogens (tertiary/aromatic N) is 1. The molecule has 0 aliphatic heterocycles. The van der Waals surface area contributed by atoms with Crippen LogP contribution in [0.15, 0.2) is 24.3 Å². The molecule has 132 valence electrons. The number of benzene rings is 1. The van der Waals surface area contributed by atoms with Crippen LogP contribution in [0.4, 0.5) is 0 Å². The summed E-state index contributed by atoms with van der Waals surface area (Å²) in [7, 11) is 1.75. The molecule has 1 saturated carbocycles. The van der Waals surface area contributed by atoms with Gasteiger partial charge in [0.1, 0.15) is 6.10 Å². The van der Waals surface area contributed by atoms with Gasteiger partial charge < -0.3 is 14.7 Å². The lowest BCUT2D eigenvalue weighted by molar-refractivity contribution is -0.145. The van der Waals surface area contributed by atoms with Gasteiger partial charge in [0.2, 0.25) is 0 Å². The highest BCUT2D eigenvalue weighted by atomic mass is 16.5. The molecule has 1 atom stereocenters. The Morgan fingerprint density at radius 1 is 1.17 bits per heavy atom. The summed E-state index contributed by atoms with van der Waals surface area (Å²) < 4.78 is 5.97. The zero-order valence-corrected chi connectivity index (χ0v) is 14.5. The molecule has 0 aromatic heterocycles. The van der Waals surface area contributed by atoms with Gasteiger partial charge in [0, 0.05) is 13.6 Å². The lowest BCUT2D eigenvalue weighted by atomic mass is 10.1. The maximum Gasteiger partial charge on any atom is 0.335 e. The zero-order valence-electron chi connectivity index (χ0n) is 14.5. The molecule has 0 spiro atoms. The molecule has 1 aliphatic rings. The van der Waals surface area contributed by atoms with Gasteiger partial charge in [-0.2, -0.15) is 0 Å². The highest BCUT2D eigenvalue weighted by Gasteiger charge is 2.23. The van der Waals surface area contributed by atoms with E-state index in [1.807, 2.05) is 6.92 Å². The van der Waals surface area contributed by atoms with E-state index in [2.05, 4.69) is 0 Å². The van der Waals surface area contributed by atoms with Crippen molar-refractivity contribution in [2.24, 2.45) is 0 Å². The van der Waals surface area contributed by atoms with Crippen molar-refractivity contribution in [2.75, 3.05) is 7.05 Å². The Kier molecular flexibility index (Phi) is 6.79. The number of carbonyl (C=O) groups excluding carboxylic acids is 1. The monoisotopic (exact) mass is 333 g/mol. The van der Waals surface area contributed by atoms with E-state index in [1.165, 1.54) is 25.7 Å². The molecule has 1 aromatic rings. The number of hydrogen-bond donors (Lipinski definition) is 1. The van der Waals surface area contributed by atoms with E-state index >= 15 is 0 Å². The first-order valence-corrected chi connectivity index (χ1v) is 8.70. The quantitative estimate of drug-likeness (QED) is 0.810. The molecule has 24 heavy (non-hydrogen) atoms. The Hall–Kier alpha value is -1.88. The largest absolute Gasteiger partial charge is 0.478 e. The number of rotatable bonds is 6. The van der Waals surface area contributed by atoms with Gasteiger partial charge in [-0.1, -0.05) is 37.8 Å². The maximum atomic E-state index is 12.5. The first-order chi connectivity index (χ1) is 11.5. The summed E-state index contributed by atoms with van der Waals surface area (Å²) in [4.78, 5) is 25.0. The topological polar surface area (TPSA) is 66.8 Å². The number of carbonyl (C=O) groups is 2. The molecule has 1 fully saturated rings. The van der Waals surface area contributed by atoms with Crippen LogP contribution in [-0.2, 0) is 16.1 Å². The van der Waals surface area contributed by atoms with E-state index in [4.69, 9.17) is 9.84 Å². The fourth-order valence-corrected chi connectivity index (χ4v) is 3.14. The third-order valence-corrected chi connectivity index (χ3v) is 4.54. The summed E-state index contributed by atoms with van der Waals surface area (Å²) in [5.41, 5.74) is 1.15. The molecule has 1 aliphatic carbocycles. The average Bonchev–Trinajstić information content (AvgIpc) is 2.83. The second-order valence-corrected chi connectivity index (χ2v) is 6.59. The van der Waals surface area contributed by atoms with Gasteiger partial charge in [0.25, 0.3) is 5.91 Å². The van der Waals surface area contributed by atoms with Crippen LogP contribution in [0.3, 0.4) is 0 Å². The van der Waals surface area contributed by atoms with Crippen molar-refractivity contribution in [1.29, 1.82) is 0 Å². The molecule has 2 rings (SSSR count). The third kappa shape index (κ3) is 5.34. The van der Waals surface area contributed by atoms with Gasteiger partial charge in [0.05, 0.1) is 11.7 Å². The molecule has 1 unspecified atom stereocenters. The number of likely N-dealkylation sites (N-methyl/N-ethyl adjacent to an activating group) is 1. The Morgan fingerprint density at radius 3 is 2.29 bits per heavy atom. The number of amides is 1. The second kappa shape index (κ2) is 8.83. The SMILES string of the molecule is CC(OC1CCCCCC1)C(=O)N(C)Cc1ccc(C(=O)O)cc1. The number of hydrogen-bond acceptors (Lipinski definition) is 3. The molecule has 5 heteroatoms. The van der Waals surface area contributed by atoms with Crippen LogP contribution >= 0.6 is 0 Å². The highest BCUT2D eigenvalue weighted by Crippen LogP contribution is 2.21. The lowest BCUT2D eigenvalue weighted by Crippen LogP contribution is -2.37. The van der Waals surface area contributed by atoms with E-state index in [-0.39, 0.29) is 17.6 Å². The van der Waals surface area contributed by atoms with Crippen molar-refractivity contribution in [3.8, 4) is 0 Å². The molecule has 0 radical (unpaired) electrons. The number of ether oxygens (including phenoxy) is 1. The van der Waals surface area contributed by atoms with Crippen LogP contribution in [0.5, 0.6) is 0 Å². The summed E-state index contributed by atoms with van der Waals surface area (Å²) in [5.74, 6) is -0.988. The highest BCUT2D eigenvalue weighted by molar-refractivity contribution is 5.87. The fourth-order valence-electron chi connectivity index (χ4n) is 3.14. The van der Waals surface area contributed by atoms with Crippen molar-refractivity contribution in [3.63, 3.8) is 0 Å². The molecular weight excluding hydrogens is 306 g/mol. The van der Waals surface area contributed by atoms with E-state index in [9.17, 15) is 9.59 Å². The molecule has 1 N–H and O–H groups in total. The Bertz CT molecular complexity index is 547. The molecular formula is C19H27NO4. The Labute approximate surface area is 143 Å². The fraction of sp³-hybridized carbons (Fsp3) is 0.579. The molecule has 0 saturated heterocycles. The minimum atomic E-state index is -0.948. The van der Waals surface area contributed by atoms with Crippen molar-refractivity contribution >= 4 is 11.9 Å². The summed E-state index contributed by atoms with van der Waals surface area (Å²) in [6.45, 7) is 2.26. The van der Waals surface area contributed by atoms with Crippen LogP contribution in [0.25, 0.3) is 0 Å². The minimum absolute atomic E-state index is 0.0402. The average molecular weight is 333 g/mol. The van der Waals surface area contributed by atoms with E-state index in [0.717, 1.165) is 18.4 Å². The summed E-state index contributed by atoms with van der Waals surface area (Å²) >= 11 is 0. The van der Waals surface area contributed by atoms with Crippen molar-refractivity contribution in [2.45, 2.75) is 64.2 Å². The number of carboxylic acids is 1. The van der Waals surface area contributed by atoms with Crippen molar-refractivity contribution in [1.82, 2.24) is 4.90 Å². The summed E-state index contributed by atoms with van der Waals surface area (Å²) in [6, 6.07) is 6.59. The van der Waals surface area contributed by atoms with Crippen molar-refractivity contribution in [3.05, 3.63) is 35.4 Å². The van der Waals surface area contributed by atoms with Crippen LogP contribution in [0, 0.1) is 0 Å². The standard InChI is InChI=1S/C19H27NO4/c1-14(24-17-7-5-3-4-6-8-17)18(21)20(2)13-15-9-11-16(12-10-15)19(22)23/h9-12,14,17H,3-8,13H2,1-2H3,(H,22,23). The zero-order chi connectivity index (χ0) is 17.5. The number of carboxylic acid groups (broad SMARTS) is 1. The first-order valence-electron chi connectivity index (χ1n) is 8.70. The van der Waals surface area contributed by atoms with Crippen LogP contribution in [0.2, 0.25) is 0 Å². The van der Waals surface area contributed by atoms with Crippen LogP contribution < -0.4 is 0 Å². The third-order valence-electron chi connectivity index (χ3n) is 4.54. The van der Waals surface area contributed by atoms with Gasteiger partial charge in [-0.15, -0.1) is 0 Å². The van der Waals surface area contributed by atoms with E-state index in [1.54, 1.807) is 36.2 Å².